The van der Waals surface area contributed by atoms with E-state index in [0.717, 1.165) is 12.8 Å². The largest absolute Gasteiger partial charge is 0.0946 e. The van der Waals surface area contributed by atoms with Gasteiger partial charge in [0.1, 0.15) is 0 Å². The molecule has 2 unspecified atom stereocenters. The van der Waals surface area contributed by atoms with Crippen LogP contribution in [0.1, 0.15) is 67.7 Å². The summed E-state index contributed by atoms with van der Waals surface area (Å²) in [6.45, 7) is 11.2. The topological polar surface area (TPSA) is 0 Å². The summed E-state index contributed by atoms with van der Waals surface area (Å²) in [6, 6.07) is 18.1. The molecule has 0 N–H and O–H groups in total. The molecule has 0 saturated heterocycles. The Kier molecular flexibility index (Phi) is 6.14. The predicted octanol–water partition coefficient (Wildman–Crippen LogP) is 7.49. The van der Waals surface area contributed by atoms with Crippen molar-refractivity contribution in [2.24, 2.45) is 5.92 Å². The molecule has 0 saturated carbocycles. The number of aryl methyl sites for hydroxylation is 2. The molecule has 0 nitrogen and oxygen atoms in total. The van der Waals surface area contributed by atoms with E-state index in [2.05, 4.69) is 82.0 Å². The Morgan fingerprint density at radius 3 is 2.54 bits per heavy atom. The Morgan fingerprint density at radius 2 is 1.85 bits per heavy atom. The second-order valence-corrected chi connectivity index (χ2v) is 7.73. The maximum absolute atomic E-state index is 4.49. The highest BCUT2D eigenvalue weighted by molar-refractivity contribution is 5.68. The minimum atomic E-state index is 0.456. The fraction of sp³-hybridized carbons (Fsp3) is 0.385. The fourth-order valence-corrected chi connectivity index (χ4v) is 4.13. The molecule has 2 aromatic carbocycles. The molecule has 1 aliphatic carbocycles. The number of rotatable bonds is 7. The van der Waals surface area contributed by atoms with Crippen molar-refractivity contribution in [2.75, 3.05) is 0 Å². The van der Waals surface area contributed by atoms with Gasteiger partial charge in [0.25, 0.3) is 0 Å². The van der Waals surface area contributed by atoms with Crippen LogP contribution in [0.5, 0.6) is 0 Å². The van der Waals surface area contributed by atoms with Gasteiger partial charge in [0.05, 0.1) is 0 Å². The van der Waals surface area contributed by atoms with Crippen LogP contribution in [0.3, 0.4) is 0 Å². The highest BCUT2D eigenvalue weighted by Crippen LogP contribution is 2.44. The van der Waals surface area contributed by atoms with Gasteiger partial charge < -0.3 is 0 Å². The van der Waals surface area contributed by atoms with Gasteiger partial charge in [0, 0.05) is 11.8 Å². The van der Waals surface area contributed by atoms with Gasteiger partial charge in [-0.15, -0.1) is 0 Å². The monoisotopic (exact) mass is 344 g/mol. The van der Waals surface area contributed by atoms with E-state index in [4.69, 9.17) is 0 Å². The third kappa shape index (κ3) is 4.18. The first-order chi connectivity index (χ1) is 12.6. The Labute approximate surface area is 159 Å². The van der Waals surface area contributed by atoms with Crippen molar-refractivity contribution in [1.82, 2.24) is 0 Å². The minimum Gasteiger partial charge on any atom is -0.0946 e. The van der Waals surface area contributed by atoms with Crippen LogP contribution >= 0.6 is 0 Å². The zero-order valence-electron chi connectivity index (χ0n) is 16.6. The van der Waals surface area contributed by atoms with E-state index in [9.17, 15) is 0 Å². The van der Waals surface area contributed by atoms with Crippen LogP contribution in [0.2, 0.25) is 0 Å². The first-order valence-electron chi connectivity index (χ1n) is 10.2. The van der Waals surface area contributed by atoms with E-state index in [-0.39, 0.29) is 0 Å². The van der Waals surface area contributed by atoms with Crippen LogP contribution in [0.25, 0.3) is 5.57 Å². The molecule has 0 amide bonds. The minimum absolute atomic E-state index is 0.456. The Morgan fingerprint density at radius 1 is 1.08 bits per heavy atom. The molecule has 136 valence electrons. The quantitative estimate of drug-likeness (QED) is 0.456. The lowest BCUT2D eigenvalue weighted by Crippen LogP contribution is -2.02. The second kappa shape index (κ2) is 8.54. The average molecular weight is 345 g/mol. The number of allylic oxidation sites excluding steroid dienone is 3. The molecular formula is C26H32. The summed E-state index contributed by atoms with van der Waals surface area (Å²) in [5.41, 5.74) is 8.40. The lowest BCUT2D eigenvalue weighted by atomic mass is 9.86. The molecule has 0 bridgehead atoms. The van der Waals surface area contributed by atoms with Crippen LogP contribution in [0, 0.1) is 12.8 Å². The summed E-state index contributed by atoms with van der Waals surface area (Å²) < 4.78 is 0. The van der Waals surface area contributed by atoms with Gasteiger partial charge in [-0.3, -0.25) is 0 Å². The smallest absolute Gasteiger partial charge is 0.00570 e. The van der Waals surface area contributed by atoms with Crippen molar-refractivity contribution in [3.8, 4) is 0 Å². The second-order valence-electron chi connectivity index (χ2n) is 7.73. The molecular weight excluding hydrogens is 312 g/mol. The summed E-state index contributed by atoms with van der Waals surface area (Å²) >= 11 is 0. The first-order valence-corrected chi connectivity index (χ1v) is 10.2. The van der Waals surface area contributed by atoms with Gasteiger partial charge in [0.15, 0.2) is 0 Å². The van der Waals surface area contributed by atoms with Crippen molar-refractivity contribution < 1.29 is 0 Å². The van der Waals surface area contributed by atoms with Crippen molar-refractivity contribution in [2.45, 2.75) is 58.8 Å². The number of unbranched alkanes of at least 4 members (excludes halogenated alkanes) is 1. The zero-order valence-corrected chi connectivity index (χ0v) is 16.6. The van der Waals surface area contributed by atoms with Gasteiger partial charge in [-0.25, -0.2) is 0 Å². The summed E-state index contributed by atoms with van der Waals surface area (Å²) in [5.74, 6) is 1.00. The van der Waals surface area contributed by atoms with E-state index in [1.54, 1.807) is 5.57 Å². The molecule has 0 heteroatoms. The van der Waals surface area contributed by atoms with Crippen molar-refractivity contribution >= 4 is 5.57 Å². The molecule has 26 heavy (non-hydrogen) atoms. The van der Waals surface area contributed by atoms with Gasteiger partial charge in [-0.05, 0) is 54.9 Å². The van der Waals surface area contributed by atoms with Gasteiger partial charge in [0.2, 0.25) is 0 Å². The third-order valence-corrected chi connectivity index (χ3v) is 5.80. The fourth-order valence-electron chi connectivity index (χ4n) is 4.13. The van der Waals surface area contributed by atoms with E-state index in [1.165, 1.54) is 47.1 Å². The molecule has 0 aromatic heterocycles. The maximum atomic E-state index is 4.49. The molecule has 0 aliphatic heterocycles. The van der Waals surface area contributed by atoms with E-state index < -0.39 is 0 Å². The molecule has 2 aromatic rings. The van der Waals surface area contributed by atoms with Crippen LogP contribution < -0.4 is 0 Å². The normalized spacial score (nSPS) is 19.4. The molecule has 0 radical (unpaired) electrons. The Hall–Kier alpha value is -2.08. The van der Waals surface area contributed by atoms with Crippen LogP contribution in [-0.4, -0.2) is 0 Å². The molecule has 3 rings (SSSR count). The molecule has 0 spiro atoms. The zero-order chi connectivity index (χ0) is 18.5. The highest BCUT2D eigenvalue weighted by atomic mass is 14.3. The maximum Gasteiger partial charge on any atom is 0.00570 e. The summed E-state index contributed by atoms with van der Waals surface area (Å²) in [7, 11) is 0. The lowest BCUT2D eigenvalue weighted by Gasteiger charge is -2.18. The van der Waals surface area contributed by atoms with E-state index in [0.29, 0.717) is 11.8 Å². The summed E-state index contributed by atoms with van der Waals surface area (Å²) in [6.07, 6.45) is 8.45. The number of hydrogen-bond donors (Lipinski definition) is 0. The predicted molar refractivity (Wildman–Crippen MR) is 114 cm³/mol. The highest BCUT2D eigenvalue weighted by Gasteiger charge is 2.28. The van der Waals surface area contributed by atoms with Crippen molar-refractivity contribution in [1.29, 1.82) is 0 Å². The average Bonchev–Trinajstić information content (AvgIpc) is 3.11. The summed E-state index contributed by atoms with van der Waals surface area (Å²) in [5, 5.41) is 0. The molecule has 0 heterocycles. The van der Waals surface area contributed by atoms with Crippen LogP contribution in [-0.2, 0) is 6.42 Å². The number of hydrogen-bond acceptors (Lipinski definition) is 0. The summed E-state index contributed by atoms with van der Waals surface area (Å²) in [4.78, 5) is 0. The van der Waals surface area contributed by atoms with Crippen molar-refractivity contribution in [3.63, 3.8) is 0 Å². The van der Waals surface area contributed by atoms with Crippen LogP contribution in [0.15, 0.2) is 66.8 Å². The lowest BCUT2D eigenvalue weighted by molar-refractivity contribution is 0.687. The molecule has 0 fully saturated rings. The first kappa shape index (κ1) is 18.7. The van der Waals surface area contributed by atoms with E-state index >= 15 is 0 Å². The Bertz CT molecular complexity index is 776. The standard InChI is InChI=1S/C26H32/c1-5-7-9-21-10-8-11-24(16-21)20(4)25-17-22(6-2)26(18-25)23-14-12-19(3)13-15-23/h8,10-17,25-26H,4-7,9,18H2,1-3H3. The van der Waals surface area contributed by atoms with Gasteiger partial charge in [-0.1, -0.05) is 92.6 Å². The van der Waals surface area contributed by atoms with Crippen LogP contribution in [0.4, 0.5) is 0 Å². The molecule has 2 atom stereocenters. The van der Waals surface area contributed by atoms with E-state index in [1.807, 2.05) is 0 Å². The van der Waals surface area contributed by atoms with Gasteiger partial charge in [-0.2, -0.15) is 0 Å². The van der Waals surface area contributed by atoms with Crippen molar-refractivity contribution in [3.05, 3.63) is 89.0 Å². The van der Waals surface area contributed by atoms with Gasteiger partial charge >= 0.3 is 0 Å². The molecule has 1 aliphatic rings. The number of benzene rings is 2. The Balaban J connectivity index is 1.78. The third-order valence-electron chi connectivity index (χ3n) is 5.80. The SMILES string of the molecule is C=C(c1cccc(CCCC)c1)C1C=C(CC)C(c2ccc(C)cc2)C1.